The minimum absolute atomic E-state index is 0.170. The zero-order valence-electron chi connectivity index (χ0n) is 9.35. The summed E-state index contributed by atoms with van der Waals surface area (Å²) < 4.78 is 0. The number of aromatic nitrogens is 1. The number of rotatable bonds is 3. The lowest BCUT2D eigenvalue weighted by atomic mass is 10.1. The van der Waals surface area contributed by atoms with Crippen LogP contribution in [0.2, 0.25) is 0 Å². The van der Waals surface area contributed by atoms with Gasteiger partial charge in [-0.3, -0.25) is 4.90 Å². The molecule has 1 N–H and O–H groups in total. The molecule has 0 bridgehead atoms. The summed E-state index contributed by atoms with van der Waals surface area (Å²) in [7, 11) is 0. The number of thiazole rings is 1. The molecule has 0 aliphatic carbocycles. The number of nitrogens with zero attached hydrogens (tertiary/aromatic N) is 2. The lowest BCUT2D eigenvalue weighted by Gasteiger charge is -2.31. The smallest absolute Gasteiger partial charge is 0.355 e. The van der Waals surface area contributed by atoms with Gasteiger partial charge in [0.2, 0.25) is 0 Å². The molecule has 2 rings (SSSR count). The maximum atomic E-state index is 10.7. The monoisotopic (exact) mass is 240 g/mol. The normalized spacial score (nSPS) is 19.6. The van der Waals surface area contributed by atoms with Gasteiger partial charge in [0.05, 0.1) is 6.04 Å². The van der Waals surface area contributed by atoms with Gasteiger partial charge < -0.3 is 5.11 Å². The van der Waals surface area contributed by atoms with Gasteiger partial charge in [-0.25, -0.2) is 9.78 Å². The Balaban J connectivity index is 2.07. The Labute approximate surface area is 98.9 Å². The molecule has 0 amide bonds. The van der Waals surface area contributed by atoms with Gasteiger partial charge in [-0.2, -0.15) is 0 Å². The van der Waals surface area contributed by atoms with Crippen LogP contribution in [0.3, 0.4) is 0 Å². The zero-order chi connectivity index (χ0) is 11.5. The standard InChI is InChI=1S/C11H16N2O2S/c1-8(13-5-3-2-4-6-13)10-12-9(7-16-10)11(14)15/h7-8H,2-6H2,1H3,(H,14,15). The highest BCUT2D eigenvalue weighted by Crippen LogP contribution is 2.26. The van der Waals surface area contributed by atoms with Gasteiger partial charge in [0.1, 0.15) is 5.01 Å². The average Bonchev–Trinajstić information content (AvgIpc) is 2.78. The Morgan fingerprint density at radius 1 is 1.50 bits per heavy atom. The third-order valence-corrected chi connectivity index (χ3v) is 4.05. The molecular formula is C11H16N2O2S. The lowest BCUT2D eigenvalue weighted by molar-refractivity contribution is 0.0690. The van der Waals surface area contributed by atoms with Crippen LogP contribution in [0, 0.1) is 0 Å². The molecule has 1 aliphatic heterocycles. The van der Waals surface area contributed by atoms with E-state index < -0.39 is 5.97 Å². The van der Waals surface area contributed by atoms with Crippen molar-refractivity contribution >= 4 is 17.3 Å². The quantitative estimate of drug-likeness (QED) is 0.881. The largest absolute Gasteiger partial charge is 0.476 e. The van der Waals surface area contributed by atoms with Crippen LogP contribution in [0.15, 0.2) is 5.38 Å². The number of carbonyl (C=O) groups is 1. The first-order chi connectivity index (χ1) is 7.68. The van der Waals surface area contributed by atoms with Crippen LogP contribution in [0.25, 0.3) is 0 Å². The molecule has 4 nitrogen and oxygen atoms in total. The van der Waals surface area contributed by atoms with E-state index in [4.69, 9.17) is 5.11 Å². The SMILES string of the molecule is CC(c1nc(C(=O)O)cs1)N1CCCCC1. The molecule has 0 spiro atoms. The highest BCUT2D eigenvalue weighted by molar-refractivity contribution is 7.09. The molecule has 1 aliphatic rings. The van der Waals surface area contributed by atoms with Gasteiger partial charge in [0.25, 0.3) is 0 Å². The van der Waals surface area contributed by atoms with E-state index in [0.29, 0.717) is 0 Å². The van der Waals surface area contributed by atoms with E-state index in [0.717, 1.165) is 18.1 Å². The molecule has 1 atom stereocenters. The molecule has 0 saturated carbocycles. The van der Waals surface area contributed by atoms with Crippen LogP contribution in [0.5, 0.6) is 0 Å². The molecule has 1 fully saturated rings. The number of carboxylic acid groups (broad SMARTS) is 1. The Hall–Kier alpha value is -0.940. The second-order valence-electron chi connectivity index (χ2n) is 4.15. The molecule has 1 aromatic heterocycles. The van der Waals surface area contributed by atoms with Gasteiger partial charge in [-0.1, -0.05) is 6.42 Å². The van der Waals surface area contributed by atoms with E-state index >= 15 is 0 Å². The Morgan fingerprint density at radius 2 is 2.19 bits per heavy atom. The Bertz CT molecular complexity index is 372. The maximum absolute atomic E-state index is 10.7. The van der Waals surface area contributed by atoms with Gasteiger partial charge in [-0.05, 0) is 32.9 Å². The molecule has 0 aromatic carbocycles. The molecule has 16 heavy (non-hydrogen) atoms. The molecular weight excluding hydrogens is 224 g/mol. The van der Waals surface area contributed by atoms with Crippen molar-refractivity contribution in [1.29, 1.82) is 0 Å². The van der Waals surface area contributed by atoms with Crippen LogP contribution in [-0.4, -0.2) is 34.0 Å². The fourth-order valence-electron chi connectivity index (χ4n) is 2.04. The summed E-state index contributed by atoms with van der Waals surface area (Å²) in [5.74, 6) is -0.937. The molecule has 1 aromatic rings. The number of hydrogen-bond acceptors (Lipinski definition) is 4. The molecule has 1 unspecified atom stereocenters. The van der Waals surface area contributed by atoms with E-state index in [1.807, 2.05) is 0 Å². The summed E-state index contributed by atoms with van der Waals surface area (Å²) in [6, 6.07) is 0.249. The summed E-state index contributed by atoms with van der Waals surface area (Å²) in [4.78, 5) is 17.3. The summed E-state index contributed by atoms with van der Waals surface area (Å²) in [6.07, 6.45) is 3.78. The van der Waals surface area contributed by atoms with E-state index in [2.05, 4.69) is 16.8 Å². The number of piperidine rings is 1. The molecule has 1 saturated heterocycles. The predicted octanol–water partition coefficient (Wildman–Crippen LogP) is 2.39. The summed E-state index contributed by atoms with van der Waals surface area (Å²) in [5.41, 5.74) is 0.170. The second-order valence-corrected chi connectivity index (χ2v) is 5.04. The summed E-state index contributed by atoms with van der Waals surface area (Å²) >= 11 is 1.45. The minimum Gasteiger partial charge on any atom is -0.476 e. The number of likely N-dealkylation sites (tertiary alicyclic amines) is 1. The fourth-order valence-corrected chi connectivity index (χ4v) is 2.92. The van der Waals surface area contributed by atoms with Crippen molar-refractivity contribution in [3.63, 3.8) is 0 Å². The van der Waals surface area contributed by atoms with Gasteiger partial charge in [-0.15, -0.1) is 11.3 Å². The van der Waals surface area contributed by atoms with Crippen LogP contribution < -0.4 is 0 Å². The third kappa shape index (κ3) is 2.41. The van der Waals surface area contributed by atoms with Crippen LogP contribution in [0.4, 0.5) is 0 Å². The number of aromatic carboxylic acids is 1. The number of carboxylic acids is 1. The van der Waals surface area contributed by atoms with Crippen molar-refractivity contribution in [2.45, 2.75) is 32.2 Å². The predicted molar refractivity (Wildman–Crippen MR) is 62.9 cm³/mol. The summed E-state index contributed by atoms with van der Waals surface area (Å²) in [6.45, 7) is 4.31. The van der Waals surface area contributed by atoms with E-state index in [1.54, 1.807) is 5.38 Å². The molecule has 2 heterocycles. The van der Waals surface area contributed by atoms with Crippen molar-refractivity contribution in [2.75, 3.05) is 13.1 Å². The van der Waals surface area contributed by atoms with Crippen LogP contribution in [-0.2, 0) is 0 Å². The van der Waals surface area contributed by atoms with Crippen molar-refractivity contribution in [3.05, 3.63) is 16.1 Å². The lowest BCUT2D eigenvalue weighted by Crippen LogP contribution is -2.32. The maximum Gasteiger partial charge on any atom is 0.355 e. The van der Waals surface area contributed by atoms with E-state index in [9.17, 15) is 4.79 Å². The zero-order valence-corrected chi connectivity index (χ0v) is 10.2. The van der Waals surface area contributed by atoms with Crippen LogP contribution >= 0.6 is 11.3 Å². The molecule has 88 valence electrons. The average molecular weight is 240 g/mol. The van der Waals surface area contributed by atoms with Crippen molar-refractivity contribution in [3.8, 4) is 0 Å². The highest BCUT2D eigenvalue weighted by atomic mass is 32.1. The first-order valence-corrected chi connectivity index (χ1v) is 6.49. The van der Waals surface area contributed by atoms with E-state index in [-0.39, 0.29) is 11.7 Å². The Morgan fingerprint density at radius 3 is 2.75 bits per heavy atom. The number of hydrogen-bond donors (Lipinski definition) is 1. The van der Waals surface area contributed by atoms with Crippen molar-refractivity contribution < 1.29 is 9.90 Å². The van der Waals surface area contributed by atoms with Gasteiger partial charge >= 0.3 is 5.97 Å². The van der Waals surface area contributed by atoms with Gasteiger partial charge in [0, 0.05) is 5.38 Å². The minimum atomic E-state index is -0.937. The third-order valence-electron chi connectivity index (χ3n) is 3.04. The topological polar surface area (TPSA) is 53.4 Å². The van der Waals surface area contributed by atoms with Gasteiger partial charge in [0.15, 0.2) is 5.69 Å². The van der Waals surface area contributed by atoms with E-state index in [1.165, 1.54) is 30.6 Å². The fraction of sp³-hybridized carbons (Fsp3) is 0.636. The molecule has 5 heteroatoms. The molecule has 0 radical (unpaired) electrons. The van der Waals surface area contributed by atoms with Crippen molar-refractivity contribution in [1.82, 2.24) is 9.88 Å². The first kappa shape index (κ1) is 11.5. The van der Waals surface area contributed by atoms with Crippen molar-refractivity contribution in [2.24, 2.45) is 0 Å². The first-order valence-electron chi connectivity index (χ1n) is 5.61. The Kier molecular flexibility index (Phi) is 3.56. The highest BCUT2D eigenvalue weighted by Gasteiger charge is 2.21. The van der Waals surface area contributed by atoms with Crippen LogP contribution in [0.1, 0.15) is 47.7 Å². The summed E-state index contributed by atoms with van der Waals surface area (Å²) in [5, 5.41) is 11.4. The second kappa shape index (κ2) is 4.93.